The van der Waals surface area contributed by atoms with Gasteiger partial charge in [-0.2, -0.15) is 0 Å². The molecule has 1 heterocycles. The van der Waals surface area contributed by atoms with E-state index in [-0.39, 0.29) is 11.8 Å². The minimum Gasteiger partial charge on any atom is -0.378 e. The highest BCUT2D eigenvalue weighted by molar-refractivity contribution is 5.84. The largest absolute Gasteiger partial charge is 0.378 e. The Morgan fingerprint density at radius 1 is 1.69 bits per heavy atom. The molecule has 1 unspecified atom stereocenters. The van der Waals surface area contributed by atoms with Gasteiger partial charge in [-0.15, -0.1) is 11.8 Å². The van der Waals surface area contributed by atoms with Crippen LogP contribution in [0.15, 0.2) is 0 Å². The lowest BCUT2D eigenvalue weighted by molar-refractivity contribution is -0.123. The first-order chi connectivity index (χ1) is 6.34. The molecular weight excluding hydrogens is 166 g/mol. The maximum atomic E-state index is 11.5. The minimum atomic E-state index is -0.104. The molecule has 0 aliphatic carbocycles. The molecule has 1 fully saturated rings. The van der Waals surface area contributed by atoms with Crippen molar-refractivity contribution in [2.24, 2.45) is 0 Å². The first-order valence-electron chi connectivity index (χ1n) is 4.58. The second-order valence-electron chi connectivity index (χ2n) is 2.97. The number of carbonyl (C=O) groups excluding carboxylic acids is 1. The molecule has 0 amide bonds. The van der Waals surface area contributed by atoms with Crippen LogP contribution in [0.5, 0.6) is 0 Å². The van der Waals surface area contributed by atoms with Gasteiger partial charge >= 0.3 is 0 Å². The van der Waals surface area contributed by atoms with Crippen molar-refractivity contribution < 1.29 is 9.53 Å². The summed E-state index contributed by atoms with van der Waals surface area (Å²) in [5.41, 5.74) is 0. The lowest BCUT2D eigenvalue weighted by atomic mass is 10.1. The third-order valence-corrected chi connectivity index (χ3v) is 1.98. The van der Waals surface area contributed by atoms with Crippen LogP contribution in [0.3, 0.4) is 0 Å². The third-order valence-electron chi connectivity index (χ3n) is 1.98. The van der Waals surface area contributed by atoms with Gasteiger partial charge in [0.1, 0.15) is 0 Å². The Labute approximate surface area is 78.8 Å². The van der Waals surface area contributed by atoms with E-state index in [1.54, 1.807) is 6.92 Å². The molecule has 0 aromatic rings. The van der Waals surface area contributed by atoms with E-state index in [4.69, 9.17) is 4.74 Å². The first-order valence-corrected chi connectivity index (χ1v) is 4.58. The fraction of sp³-hybridized carbons (Fsp3) is 0.700. The van der Waals surface area contributed by atoms with Crippen LogP contribution < -0.4 is 5.32 Å². The summed E-state index contributed by atoms with van der Waals surface area (Å²) in [5.74, 6) is 5.86. The topological polar surface area (TPSA) is 38.3 Å². The van der Waals surface area contributed by atoms with Crippen molar-refractivity contribution in [2.45, 2.75) is 25.8 Å². The lowest BCUT2D eigenvalue weighted by Gasteiger charge is -2.22. The van der Waals surface area contributed by atoms with Crippen LogP contribution in [0.1, 0.15) is 19.8 Å². The molecule has 1 N–H and O–H groups in total. The zero-order valence-electron chi connectivity index (χ0n) is 7.93. The van der Waals surface area contributed by atoms with E-state index in [0.717, 1.165) is 6.54 Å². The van der Waals surface area contributed by atoms with E-state index >= 15 is 0 Å². The summed E-state index contributed by atoms with van der Waals surface area (Å²) in [4.78, 5) is 11.5. The van der Waals surface area contributed by atoms with Gasteiger partial charge in [0.05, 0.1) is 19.3 Å². The number of carbonyl (C=O) groups is 1. The SMILES string of the molecule is CC#CCCC(=O)C1COCCN1. The van der Waals surface area contributed by atoms with E-state index in [2.05, 4.69) is 17.2 Å². The standard InChI is InChI=1S/C10H15NO2/c1-2-3-4-5-10(12)9-8-13-7-6-11-9/h9,11H,4-8H2,1H3. The Hall–Kier alpha value is -0.850. The number of ketones is 1. The van der Waals surface area contributed by atoms with Crippen LogP contribution in [-0.2, 0) is 9.53 Å². The Morgan fingerprint density at radius 3 is 3.15 bits per heavy atom. The van der Waals surface area contributed by atoms with Crippen molar-refractivity contribution >= 4 is 5.78 Å². The summed E-state index contributed by atoms with van der Waals surface area (Å²) in [7, 11) is 0. The molecule has 0 saturated carbocycles. The quantitative estimate of drug-likeness (QED) is 0.638. The zero-order valence-corrected chi connectivity index (χ0v) is 7.93. The summed E-state index contributed by atoms with van der Waals surface area (Å²) < 4.78 is 5.19. The summed E-state index contributed by atoms with van der Waals surface area (Å²) in [6, 6.07) is -0.104. The number of morpholine rings is 1. The minimum absolute atomic E-state index is 0.104. The maximum absolute atomic E-state index is 11.5. The normalized spacial score (nSPS) is 21.8. The van der Waals surface area contributed by atoms with Gasteiger partial charge in [0.2, 0.25) is 0 Å². The van der Waals surface area contributed by atoms with Crippen molar-refractivity contribution in [1.29, 1.82) is 0 Å². The predicted molar refractivity (Wildman–Crippen MR) is 50.3 cm³/mol. The molecule has 1 atom stereocenters. The molecule has 72 valence electrons. The number of ether oxygens (including phenoxy) is 1. The van der Waals surface area contributed by atoms with Crippen LogP contribution in [-0.4, -0.2) is 31.6 Å². The van der Waals surface area contributed by atoms with Gasteiger partial charge < -0.3 is 10.1 Å². The van der Waals surface area contributed by atoms with Crippen LogP contribution in [0, 0.1) is 11.8 Å². The summed E-state index contributed by atoms with van der Waals surface area (Å²) >= 11 is 0. The van der Waals surface area contributed by atoms with Gasteiger partial charge in [-0.1, -0.05) is 0 Å². The van der Waals surface area contributed by atoms with E-state index in [1.807, 2.05) is 0 Å². The average Bonchev–Trinajstić information content (AvgIpc) is 2.19. The van der Waals surface area contributed by atoms with Gasteiger partial charge in [0, 0.05) is 19.4 Å². The molecule has 1 saturated heterocycles. The van der Waals surface area contributed by atoms with Gasteiger partial charge in [0.15, 0.2) is 5.78 Å². The molecule has 0 spiro atoms. The summed E-state index contributed by atoms with van der Waals surface area (Å²) in [6.07, 6.45) is 1.19. The molecule has 0 radical (unpaired) electrons. The second-order valence-corrected chi connectivity index (χ2v) is 2.97. The van der Waals surface area contributed by atoms with E-state index in [1.165, 1.54) is 0 Å². The highest BCUT2D eigenvalue weighted by atomic mass is 16.5. The zero-order chi connectivity index (χ0) is 9.52. The van der Waals surface area contributed by atoms with Crippen molar-refractivity contribution in [1.82, 2.24) is 5.32 Å². The van der Waals surface area contributed by atoms with E-state index in [9.17, 15) is 4.79 Å². The van der Waals surface area contributed by atoms with Crippen molar-refractivity contribution in [3.05, 3.63) is 0 Å². The van der Waals surface area contributed by atoms with Gasteiger partial charge in [-0.25, -0.2) is 0 Å². The fourth-order valence-electron chi connectivity index (χ4n) is 1.26. The number of nitrogens with one attached hydrogen (secondary N) is 1. The summed E-state index contributed by atoms with van der Waals surface area (Å²) in [5, 5.41) is 3.12. The number of Topliss-reactive ketones (excluding diaryl/α,β-unsaturated/α-hetero) is 1. The Balaban J connectivity index is 2.23. The van der Waals surface area contributed by atoms with Gasteiger partial charge in [-0.3, -0.25) is 4.79 Å². The van der Waals surface area contributed by atoms with Crippen LogP contribution in [0.4, 0.5) is 0 Å². The lowest BCUT2D eigenvalue weighted by Crippen LogP contribution is -2.46. The number of hydrogen-bond donors (Lipinski definition) is 1. The molecule has 1 aliphatic rings. The predicted octanol–water partition coefficient (Wildman–Crippen LogP) is 0.347. The Morgan fingerprint density at radius 2 is 2.54 bits per heavy atom. The molecule has 1 aliphatic heterocycles. The van der Waals surface area contributed by atoms with Crippen LogP contribution in [0.25, 0.3) is 0 Å². The van der Waals surface area contributed by atoms with Crippen molar-refractivity contribution in [3.63, 3.8) is 0 Å². The Bertz CT molecular complexity index is 221. The second kappa shape index (κ2) is 5.74. The maximum Gasteiger partial charge on any atom is 0.153 e. The molecule has 13 heavy (non-hydrogen) atoms. The van der Waals surface area contributed by atoms with Crippen molar-refractivity contribution in [3.8, 4) is 11.8 Å². The fourth-order valence-corrected chi connectivity index (χ4v) is 1.26. The van der Waals surface area contributed by atoms with E-state index in [0.29, 0.717) is 26.1 Å². The number of rotatable bonds is 3. The van der Waals surface area contributed by atoms with E-state index < -0.39 is 0 Å². The molecule has 1 rings (SSSR count). The third kappa shape index (κ3) is 3.58. The van der Waals surface area contributed by atoms with Gasteiger partial charge in [0.25, 0.3) is 0 Å². The molecule has 3 heteroatoms. The molecule has 0 aromatic carbocycles. The number of hydrogen-bond acceptors (Lipinski definition) is 3. The molecule has 0 bridgehead atoms. The highest BCUT2D eigenvalue weighted by Gasteiger charge is 2.19. The highest BCUT2D eigenvalue weighted by Crippen LogP contribution is 1.99. The monoisotopic (exact) mass is 181 g/mol. The average molecular weight is 181 g/mol. The Kier molecular flexibility index (Phi) is 4.52. The van der Waals surface area contributed by atoms with Gasteiger partial charge in [-0.05, 0) is 6.92 Å². The summed E-state index contributed by atoms with van der Waals surface area (Å²) in [6.45, 7) is 3.78. The smallest absolute Gasteiger partial charge is 0.153 e. The first kappa shape index (κ1) is 10.2. The molecular formula is C10H15NO2. The van der Waals surface area contributed by atoms with Crippen molar-refractivity contribution in [2.75, 3.05) is 19.8 Å². The molecule has 3 nitrogen and oxygen atoms in total. The van der Waals surface area contributed by atoms with Crippen LogP contribution >= 0.6 is 0 Å². The van der Waals surface area contributed by atoms with Crippen LogP contribution in [0.2, 0.25) is 0 Å². The molecule has 0 aromatic heterocycles.